The van der Waals surface area contributed by atoms with Crippen LogP contribution in [0.2, 0.25) is 5.02 Å². The van der Waals surface area contributed by atoms with Crippen molar-refractivity contribution in [1.82, 2.24) is 10.3 Å². The van der Waals surface area contributed by atoms with E-state index in [4.69, 9.17) is 17.3 Å². The van der Waals surface area contributed by atoms with Crippen molar-refractivity contribution in [1.29, 1.82) is 0 Å². The minimum Gasteiger partial charge on any atom is -0.389 e. The Morgan fingerprint density at radius 1 is 1.60 bits per heavy atom. The van der Waals surface area contributed by atoms with Gasteiger partial charge in [0.05, 0.1) is 11.1 Å². The Bertz CT molecular complexity index is 335. The summed E-state index contributed by atoms with van der Waals surface area (Å²) in [5, 5.41) is 22.3. The van der Waals surface area contributed by atoms with Crippen LogP contribution in [0, 0.1) is 0 Å². The number of hydrogen-bond donors (Lipinski definition) is 4. The molecule has 0 amide bonds. The molecule has 2 atom stereocenters. The van der Waals surface area contributed by atoms with Crippen LogP contribution < -0.4 is 11.1 Å². The number of pyridine rings is 1. The summed E-state index contributed by atoms with van der Waals surface area (Å²) >= 11 is 5.86. The Balaban J connectivity index is 2.86. The van der Waals surface area contributed by atoms with Crippen molar-refractivity contribution in [2.24, 2.45) is 0 Å². The summed E-state index contributed by atoms with van der Waals surface area (Å²) in [4.78, 5) is 3.81. The van der Waals surface area contributed by atoms with Crippen molar-refractivity contribution in [3.8, 4) is 0 Å². The number of nitrogens with two attached hydrogens (primary N) is 1. The number of likely N-dealkylation sites (N-methyl/N-ethyl adjacent to an activating group) is 1. The first-order valence-electron chi connectivity index (χ1n) is 4.48. The van der Waals surface area contributed by atoms with E-state index in [1.165, 1.54) is 12.3 Å². The third-order valence-electron chi connectivity index (χ3n) is 2.00. The average Bonchev–Trinajstić information content (AvgIpc) is 2.17. The van der Waals surface area contributed by atoms with Crippen LogP contribution in [0.3, 0.4) is 0 Å². The highest BCUT2D eigenvalue weighted by atomic mass is 35.5. The van der Waals surface area contributed by atoms with Gasteiger partial charge in [-0.3, -0.25) is 0 Å². The van der Waals surface area contributed by atoms with Gasteiger partial charge in [-0.2, -0.15) is 0 Å². The Kier molecular flexibility index (Phi) is 4.28. The van der Waals surface area contributed by atoms with Crippen LogP contribution in [0.4, 0.5) is 5.82 Å². The maximum Gasteiger partial charge on any atom is 0.124 e. The van der Waals surface area contributed by atoms with E-state index in [9.17, 15) is 10.2 Å². The van der Waals surface area contributed by atoms with Crippen molar-refractivity contribution >= 4 is 17.4 Å². The van der Waals surface area contributed by atoms with E-state index in [-0.39, 0.29) is 12.4 Å². The highest BCUT2D eigenvalue weighted by molar-refractivity contribution is 6.31. The first kappa shape index (κ1) is 12.2. The number of aromatic nitrogens is 1. The fourth-order valence-corrected chi connectivity index (χ4v) is 1.47. The number of aliphatic hydroxyl groups is 2. The number of halogens is 1. The van der Waals surface area contributed by atoms with E-state index >= 15 is 0 Å². The van der Waals surface area contributed by atoms with Crippen molar-refractivity contribution in [3.05, 3.63) is 22.8 Å². The van der Waals surface area contributed by atoms with Crippen molar-refractivity contribution in [2.75, 3.05) is 19.3 Å². The van der Waals surface area contributed by atoms with Gasteiger partial charge >= 0.3 is 0 Å². The van der Waals surface area contributed by atoms with E-state index in [1.54, 1.807) is 7.05 Å². The normalized spacial score (nSPS) is 14.9. The van der Waals surface area contributed by atoms with Gasteiger partial charge in [-0.05, 0) is 13.1 Å². The molecular formula is C9H14ClN3O2. The van der Waals surface area contributed by atoms with Gasteiger partial charge in [0.25, 0.3) is 0 Å². The second-order valence-electron chi connectivity index (χ2n) is 3.20. The Morgan fingerprint density at radius 3 is 2.80 bits per heavy atom. The van der Waals surface area contributed by atoms with Crippen LogP contribution in [-0.2, 0) is 0 Å². The standard InChI is InChI=1S/C9H14ClN3O2/c1-12-4-7(14)9(15)5-3-13-8(11)2-6(5)10/h2-3,7,9,12,14-15H,4H2,1H3,(H2,11,13). The molecule has 84 valence electrons. The van der Waals surface area contributed by atoms with Crippen LogP contribution in [0.15, 0.2) is 12.3 Å². The lowest BCUT2D eigenvalue weighted by molar-refractivity contribution is 0.0201. The van der Waals surface area contributed by atoms with Gasteiger partial charge in [-0.25, -0.2) is 4.98 Å². The molecule has 0 aliphatic carbocycles. The van der Waals surface area contributed by atoms with Crippen molar-refractivity contribution in [3.63, 3.8) is 0 Å². The number of nitrogens with one attached hydrogen (secondary N) is 1. The molecular weight excluding hydrogens is 218 g/mol. The number of anilines is 1. The number of aliphatic hydroxyl groups excluding tert-OH is 2. The lowest BCUT2D eigenvalue weighted by Crippen LogP contribution is -2.29. The topological polar surface area (TPSA) is 91.4 Å². The summed E-state index contributed by atoms with van der Waals surface area (Å²) in [5.41, 5.74) is 5.78. The number of nitrogens with zero attached hydrogens (tertiary/aromatic N) is 1. The zero-order valence-corrected chi connectivity index (χ0v) is 9.07. The van der Waals surface area contributed by atoms with Gasteiger partial charge in [0.2, 0.25) is 0 Å². The van der Waals surface area contributed by atoms with Crippen LogP contribution in [0.25, 0.3) is 0 Å². The van der Waals surface area contributed by atoms with Gasteiger partial charge in [0.1, 0.15) is 11.9 Å². The molecule has 0 aromatic carbocycles. The molecule has 0 radical (unpaired) electrons. The Hall–Kier alpha value is -0.880. The van der Waals surface area contributed by atoms with E-state index in [0.717, 1.165) is 0 Å². The summed E-state index contributed by atoms with van der Waals surface area (Å²) in [5.74, 6) is 0.277. The zero-order chi connectivity index (χ0) is 11.4. The summed E-state index contributed by atoms with van der Waals surface area (Å²) in [6.45, 7) is 0.266. The fraction of sp³-hybridized carbons (Fsp3) is 0.444. The third kappa shape index (κ3) is 3.04. The van der Waals surface area contributed by atoms with Gasteiger partial charge in [-0.15, -0.1) is 0 Å². The van der Waals surface area contributed by atoms with Gasteiger partial charge < -0.3 is 21.3 Å². The minimum absolute atomic E-state index is 0.266. The molecule has 0 aliphatic rings. The fourth-order valence-electron chi connectivity index (χ4n) is 1.20. The molecule has 1 aromatic heterocycles. The lowest BCUT2D eigenvalue weighted by atomic mass is 10.1. The first-order valence-corrected chi connectivity index (χ1v) is 4.85. The second-order valence-corrected chi connectivity index (χ2v) is 3.61. The van der Waals surface area contributed by atoms with Crippen molar-refractivity contribution < 1.29 is 10.2 Å². The van der Waals surface area contributed by atoms with E-state index in [1.807, 2.05) is 0 Å². The number of hydrogen-bond acceptors (Lipinski definition) is 5. The third-order valence-corrected chi connectivity index (χ3v) is 2.33. The molecule has 2 unspecified atom stereocenters. The predicted molar refractivity (Wildman–Crippen MR) is 58.6 cm³/mol. The van der Waals surface area contributed by atoms with E-state index in [0.29, 0.717) is 10.6 Å². The SMILES string of the molecule is CNCC(O)C(O)c1cnc(N)cc1Cl. The van der Waals surface area contributed by atoms with Crippen LogP contribution >= 0.6 is 11.6 Å². The Labute approximate surface area is 92.9 Å². The van der Waals surface area contributed by atoms with Gasteiger partial charge in [0.15, 0.2) is 0 Å². The van der Waals surface area contributed by atoms with Crippen molar-refractivity contribution in [2.45, 2.75) is 12.2 Å². The molecule has 5 N–H and O–H groups in total. The molecule has 5 nitrogen and oxygen atoms in total. The second kappa shape index (κ2) is 5.27. The van der Waals surface area contributed by atoms with Crippen LogP contribution in [0.1, 0.15) is 11.7 Å². The lowest BCUT2D eigenvalue weighted by Gasteiger charge is -2.18. The average molecular weight is 232 g/mol. The van der Waals surface area contributed by atoms with E-state index < -0.39 is 12.2 Å². The molecule has 15 heavy (non-hydrogen) atoms. The van der Waals surface area contributed by atoms with Gasteiger partial charge in [-0.1, -0.05) is 11.6 Å². The molecule has 1 heterocycles. The highest BCUT2D eigenvalue weighted by Gasteiger charge is 2.20. The summed E-state index contributed by atoms with van der Waals surface area (Å²) < 4.78 is 0. The zero-order valence-electron chi connectivity index (χ0n) is 8.31. The molecule has 0 saturated carbocycles. The van der Waals surface area contributed by atoms with Crippen LogP contribution in [-0.4, -0.2) is 34.9 Å². The quantitative estimate of drug-likeness (QED) is 0.583. The number of nitrogen functional groups attached to an aromatic ring is 1. The molecule has 0 bridgehead atoms. The van der Waals surface area contributed by atoms with E-state index in [2.05, 4.69) is 10.3 Å². The predicted octanol–water partition coefficient (Wildman–Crippen LogP) is -0.0691. The minimum atomic E-state index is -1.07. The molecule has 1 rings (SSSR count). The molecule has 6 heteroatoms. The summed E-state index contributed by atoms with van der Waals surface area (Å²) in [7, 11) is 1.68. The molecule has 1 aromatic rings. The molecule has 0 aliphatic heterocycles. The monoisotopic (exact) mass is 231 g/mol. The maximum atomic E-state index is 9.74. The Morgan fingerprint density at radius 2 is 2.27 bits per heavy atom. The number of rotatable bonds is 4. The maximum absolute atomic E-state index is 9.74. The summed E-state index contributed by atoms with van der Waals surface area (Å²) in [6.07, 6.45) is -0.641. The summed E-state index contributed by atoms with van der Waals surface area (Å²) in [6, 6.07) is 1.44. The smallest absolute Gasteiger partial charge is 0.124 e. The van der Waals surface area contributed by atoms with Crippen LogP contribution in [0.5, 0.6) is 0 Å². The highest BCUT2D eigenvalue weighted by Crippen LogP contribution is 2.25. The largest absolute Gasteiger partial charge is 0.389 e. The van der Waals surface area contributed by atoms with Gasteiger partial charge in [0, 0.05) is 18.3 Å². The molecule has 0 spiro atoms. The molecule has 0 saturated heterocycles. The molecule has 0 fully saturated rings. The first-order chi connectivity index (χ1) is 7.06.